The largest absolute Gasteiger partial charge is 0.416 e. The number of hydrogen-bond donors (Lipinski definition) is 2. The maximum absolute atomic E-state index is 12.2. The molecule has 0 saturated heterocycles. The molecule has 0 spiro atoms. The zero-order valence-electron chi connectivity index (χ0n) is 9.08. The predicted octanol–water partition coefficient (Wildman–Crippen LogP) is 1.82. The first-order valence-corrected chi connectivity index (χ1v) is 4.94. The van der Waals surface area contributed by atoms with Gasteiger partial charge in [0.2, 0.25) is 0 Å². The van der Waals surface area contributed by atoms with E-state index in [1.54, 1.807) is 0 Å². The smallest absolute Gasteiger partial charge is 0.392 e. The summed E-state index contributed by atoms with van der Waals surface area (Å²) in [5.41, 5.74) is -0.678. The molecule has 0 aromatic heterocycles. The van der Waals surface area contributed by atoms with E-state index in [1.807, 2.05) is 0 Å². The van der Waals surface area contributed by atoms with Crippen molar-refractivity contribution in [2.45, 2.75) is 19.2 Å². The monoisotopic (exact) mass is 247 g/mol. The van der Waals surface area contributed by atoms with Gasteiger partial charge in [0, 0.05) is 12.1 Å². The normalized spacial score (nSPS) is 13.2. The number of rotatable bonds is 3. The zero-order chi connectivity index (χ0) is 13.1. The lowest BCUT2D eigenvalue weighted by Gasteiger charge is -2.09. The Labute approximate surface area is 96.3 Å². The standard InChI is InChI=1S/C11H12F3NO2/c1-7(16)6-15-10(17)8-2-4-9(5-3-8)11(12,13)14/h2-5,7,16H,6H2,1H3,(H,15,17)/t7-/m0/s1. The third-order valence-corrected chi connectivity index (χ3v) is 2.03. The number of halogens is 3. The van der Waals surface area contributed by atoms with Crippen LogP contribution in [-0.2, 0) is 6.18 Å². The minimum atomic E-state index is -4.41. The number of carbonyl (C=O) groups is 1. The lowest BCUT2D eigenvalue weighted by Crippen LogP contribution is -2.30. The Bertz CT molecular complexity index is 385. The van der Waals surface area contributed by atoms with E-state index in [0.29, 0.717) is 0 Å². The van der Waals surface area contributed by atoms with Gasteiger partial charge in [-0.3, -0.25) is 4.79 Å². The average Bonchev–Trinajstić information content (AvgIpc) is 2.25. The fourth-order valence-electron chi connectivity index (χ4n) is 1.15. The van der Waals surface area contributed by atoms with Crippen molar-refractivity contribution in [2.75, 3.05) is 6.54 Å². The van der Waals surface area contributed by atoms with Crippen molar-refractivity contribution in [2.24, 2.45) is 0 Å². The van der Waals surface area contributed by atoms with E-state index in [9.17, 15) is 18.0 Å². The summed E-state index contributed by atoms with van der Waals surface area (Å²) in [4.78, 5) is 11.4. The van der Waals surface area contributed by atoms with Gasteiger partial charge >= 0.3 is 6.18 Å². The van der Waals surface area contributed by atoms with Crippen LogP contribution in [0.15, 0.2) is 24.3 Å². The highest BCUT2D eigenvalue weighted by Crippen LogP contribution is 2.28. The second kappa shape index (κ2) is 5.18. The molecular formula is C11H12F3NO2. The molecule has 0 heterocycles. The number of alkyl halides is 3. The molecule has 0 unspecified atom stereocenters. The number of hydrogen-bond acceptors (Lipinski definition) is 2. The molecule has 1 amide bonds. The Kier molecular flexibility index (Phi) is 4.11. The molecule has 17 heavy (non-hydrogen) atoms. The molecule has 6 heteroatoms. The molecule has 2 N–H and O–H groups in total. The summed E-state index contributed by atoms with van der Waals surface area (Å²) in [5, 5.41) is 11.3. The van der Waals surface area contributed by atoms with Crippen molar-refractivity contribution >= 4 is 5.91 Å². The Balaban J connectivity index is 2.71. The molecule has 0 radical (unpaired) electrons. The lowest BCUT2D eigenvalue weighted by molar-refractivity contribution is -0.137. The maximum Gasteiger partial charge on any atom is 0.416 e. The third-order valence-electron chi connectivity index (χ3n) is 2.03. The molecule has 1 aromatic carbocycles. The van der Waals surface area contributed by atoms with Crippen LogP contribution in [0.25, 0.3) is 0 Å². The number of aliphatic hydroxyl groups is 1. The van der Waals surface area contributed by atoms with Crippen LogP contribution in [0, 0.1) is 0 Å². The van der Waals surface area contributed by atoms with Gasteiger partial charge in [-0.15, -0.1) is 0 Å². The third kappa shape index (κ3) is 4.07. The Morgan fingerprint density at radius 3 is 2.29 bits per heavy atom. The molecule has 1 rings (SSSR count). The van der Waals surface area contributed by atoms with E-state index in [4.69, 9.17) is 5.11 Å². The molecule has 0 aliphatic carbocycles. The summed E-state index contributed by atoms with van der Waals surface area (Å²) in [6, 6.07) is 3.88. The first-order valence-electron chi connectivity index (χ1n) is 4.94. The van der Waals surface area contributed by atoms with Crippen molar-refractivity contribution in [3.8, 4) is 0 Å². The summed E-state index contributed by atoms with van der Waals surface area (Å²) in [5.74, 6) is -0.514. The van der Waals surface area contributed by atoms with Crippen LogP contribution in [0.3, 0.4) is 0 Å². The van der Waals surface area contributed by atoms with Crippen LogP contribution < -0.4 is 5.32 Å². The summed E-state index contributed by atoms with van der Waals surface area (Å²) < 4.78 is 36.7. The van der Waals surface area contributed by atoms with Crippen molar-refractivity contribution in [1.29, 1.82) is 0 Å². The van der Waals surface area contributed by atoms with Gasteiger partial charge < -0.3 is 10.4 Å². The highest BCUT2D eigenvalue weighted by molar-refractivity contribution is 5.94. The van der Waals surface area contributed by atoms with E-state index in [-0.39, 0.29) is 12.1 Å². The van der Waals surface area contributed by atoms with Gasteiger partial charge in [-0.2, -0.15) is 13.2 Å². The minimum absolute atomic E-state index is 0.0554. The van der Waals surface area contributed by atoms with Crippen LogP contribution in [-0.4, -0.2) is 23.7 Å². The van der Waals surface area contributed by atoms with Crippen molar-refractivity contribution in [3.63, 3.8) is 0 Å². The van der Waals surface area contributed by atoms with E-state index in [0.717, 1.165) is 24.3 Å². The maximum atomic E-state index is 12.2. The number of carbonyl (C=O) groups excluding carboxylic acids is 1. The van der Waals surface area contributed by atoms with Gasteiger partial charge in [0.05, 0.1) is 11.7 Å². The summed E-state index contributed by atoms with van der Waals surface area (Å²) >= 11 is 0. The molecule has 0 aliphatic rings. The average molecular weight is 247 g/mol. The van der Waals surface area contributed by atoms with Gasteiger partial charge in [-0.1, -0.05) is 0 Å². The Morgan fingerprint density at radius 2 is 1.88 bits per heavy atom. The molecule has 0 aliphatic heterocycles. The molecule has 0 saturated carbocycles. The fourth-order valence-corrected chi connectivity index (χ4v) is 1.15. The first kappa shape index (κ1) is 13.5. The van der Waals surface area contributed by atoms with E-state index in [2.05, 4.69) is 5.32 Å². The number of amides is 1. The van der Waals surface area contributed by atoms with E-state index >= 15 is 0 Å². The number of aliphatic hydroxyl groups excluding tert-OH is 1. The Hall–Kier alpha value is -1.56. The Morgan fingerprint density at radius 1 is 1.35 bits per heavy atom. The minimum Gasteiger partial charge on any atom is -0.392 e. The van der Waals surface area contributed by atoms with Crippen LogP contribution >= 0.6 is 0 Å². The highest BCUT2D eigenvalue weighted by atomic mass is 19.4. The van der Waals surface area contributed by atoms with Crippen molar-refractivity contribution in [3.05, 3.63) is 35.4 Å². The van der Waals surface area contributed by atoms with Gasteiger partial charge in [0.25, 0.3) is 5.91 Å². The van der Waals surface area contributed by atoms with Crippen LogP contribution in [0.4, 0.5) is 13.2 Å². The SMILES string of the molecule is C[C@H](O)CNC(=O)c1ccc(C(F)(F)F)cc1. The molecule has 3 nitrogen and oxygen atoms in total. The molecule has 1 atom stereocenters. The second-order valence-corrected chi connectivity index (χ2v) is 3.63. The van der Waals surface area contributed by atoms with Gasteiger partial charge in [0.1, 0.15) is 0 Å². The first-order chi connectivity index (χ1) is 7.80. The van der Waals surface area contributed by atoms with Crippen molar-refractivity contribution in [1.82, 2.24) is 5.32 Å². The van der Waals surface area contributed by atoms with Crippen molar-refractivity contribution < 1.29 is 23.1 Å². The molecule has 1 aromatic rings. The van der Waals surface area contributed by atoms with E-state index in [1.165, 1.54) is 6.92 Å². The molecule has 94 valence electrons. The summed E-state index contributed by atoms with van der Waals surface area (Å²) in [7, 11) is 0. The van der Waals surface area contributed by atoms with Crippen LogP contribution in [0.1, 0.15) is 22.8 Å². The summed E-state index contributed by atoms with van der Waals surface area (Å²) in [6.07, 6.45) is -5.11. The number of benzene rings is 1. The second-order valence-electron chi connectivity index (χ2n) is 3.63. The quantitative estimate of drug-likeness (QED) is 0.855. The van der Waals surface area contributed by atoms with Gasteiger partial charge in [0.15, 0.2) is 0 Å². The van der Waals surface area contributed by atoms with Crippen LogP contribution in [0.2, 0.25) is 0 Å². The van der Waals surface area contributed by atoms with Gasteiger partial charge in [-0.25, -0.2) is 0 Å². The molecule has 0 fully saturated rings. The van der Waals surface area contributed by atoms with E-state index < -0.39 is 23.8 Å². The van der Waals surface area contributed by atoms with Crippen LogP contribution in [0.5, 0.6) is 0 Å². The highest BCUT2D eigenvalue weighted by Gasteiger charge is 2.30. The predicted molar refractivity (Wildman–Crippen MR) is 55.5 cm³/mol. The topological polar surface area (TPSA) is 49.3 Å². The molecular weight excluding hydrogens is 235 g/mol. The summed E-state index contributed by atoms with van der Waals surface area (Å²) in [6.45, 7) is 1.55. The zero-order valence-corrected chi connectivity index (χ0v) is 9.08. The fraction of sp³-hybridized carbons (Fsp3) is 0.364. The number of nitrogens with one attached hydrogen (secondary N) is 1. The van der Waals surface area contributed by atoms with Gasteiger partial charge in [-0.05, 0) is 31.2 Å². The molecule has 0 bridgehead atoms. The lowest BCUT2D eigenvalue weighted by atomic mass is 10.1.